The van der Waals surface area contributed by atoms with Crippen molar-refractivity contribution in [3.05, 3.63) is 54.1 Å². The molecule has 2 aromatic rings. The number of benzene rings is 2. The molecule has 6 nitrogen and oxygen atoms in total. The molecule has 2 aromatic carbocycles. The number of ether oxygens (including phenoxy) is 2. The molecule has 130 valence electrons. The van der Waals surface area contributed by atoms with Gasteiger partial charge >= 0.3 is 11.8 Å². The molecule has 0 fully saturated rings. The number of rotatable bonds is 4. The lowest BCUT2D eigenvalue weighted by molar-refractivity contribution is -0.136. The van der Waals surface area contributed by atoms with E-state index < -0.39 is 11.8 Å². The van der Waals surface area contributed by atoms with E-state index in [1.54, 1.807) is 18.2 Å². The van der Waals surface area contributed by atoms with Gasteiger partial charge in [-0.15, -0.1) is 0 Å². The van der Waals surface area contributed by atoms with Crippen LogP contribution in [0.2, 0.25) is 0 Å². The van der Waals surface area contributed by atoms with Crippen molar-refractivity contribution in [2.75, 3.05) is 18.5 Å². The number of amides is 2. The zero-order chi connectivity index (χ0) is 17.6. The first-order valence-electron chi connectivity index (χ1n) is 8.22. The van der Waals surface area contributed by atoms with Crippen LogP contribution in [0.1, 0.15) is 12.5 Å². The molecule has 3 rings (SSSR count). The van der Waals surface area contributed by atoms with Gasteiger partial charge in [-0.05, 0) is 36.2 Å². The number of carbonyl (C=O) groups excluding carboxylic acids is 2. The van der Waals surface area contributed by atoms with Gasteiger partial charge in [0.1, 0.15) is 12.7 Å². The molecule has 0 aromatic heterocycles. The van der Waals surface area contributed by atoms with E-state index in [1.807, 2.05) is 30.3 Å². The van der Waals surface area contributed by atoms with Gasteiger partial charge in [-0.25, -0.2) is 0 Å². The first-order chi connectivity index (χ1) is 12.2. The Morgan fingerprint density at radius 3 is 2.48 bits per heavy atom. The highest BCUT2D eigenvalue weighted by Gasteiger charge is 2.22. The van der Waals surface area contributed by atoms with Gasteiger partial charge < -0.3 is 20.1 Å². The Kier molecular flexibility index (Phi) is 5.18. The molecule has 6 heteroatoms. The minimum absolute atomic E-state index is 0.190. The molecular formula is C19H20N2O4. The molecule has 0 spiro atoms. The maximum absolute atomic E-state index is 11.9. The lowest BCUT2D eigenvalue weighted by Crippen LogP contribution is -2.44. The summed E-state index contributed by atoms with van der Waals surface area (Å²) < 4.78 is 11.3. The predicted octanol–water partition coefficient (Wildman–Crippen LogP) is 2.14. The number of para-hydroxylation sites is 2. The van der Waals surface area contributed by atoms with Gasteiger partial charge in [-0.3, -0.25) is 9.59 Å². The molecule has 0 saturated heterocycles. The third-order valence-electron chi connectivity index (χ3n) is 3.88. The van der Waals surface area contributed by atoms with E-state index in [0.29, 0.717) is 23.8 Å². The van der Waals surface area contributed by atoms with E-state index in [2.05, 4.69) is 17.6 Å². The van der Waals surface area contributed by atoms with Crippen LogP contribution in [0.4, 0.5) is 5.69 Å². The van der Waals surface area contributed by atoms with E-state index in [-0.39, 0.29) is 12.6 Å². The van der Waals surface area contributed by atoms with E-state index in [1.165, 1.54) is 0 Å². The molecule has 0 bridgehead atoms. The minimum atomic E-state index is -0.707. The van der Waals surface area contributed by atoms with Gasteiger partial charge in [-0.1, -0.05) is 31.2 Å². The highest BCUT2D eigenvalue weighted by atomic mass is 16.6. The molecule has 0 radical (unpaired) electrons. The number of nitrogens with one attached hydrogen (secondary N) is 2. The summed E-state index contributed by atoms with van der Waals surface area (Å²) in [6, 6.07) is 14.7. The fourth-order valence-electron chi connectivity index (χ4n) is 2.46. The molecule has 0 aliphatic carbocycles. The van der Waals surface area contributed by atoms with Crippen molar-refractivity contribution < 1.29 is 19.1 Å². The Bertz CT molecular complexity index is 758. The van der Waals surface area contributed by atoms with Gasteiger partial charge in [0.15, 0.2) is 11.5 Å². The monoisotopic (exact) mass is 340 g/mol. The number of carbonyl (C=O) groups is 2. The maximum atomic E-state index is 11.9. The Morgan fingerprint density at radius 2 is 1.76 bits per heavy atom. The minimum Gasteiger partial charge on any atom is -0.486 e. The number of hydrogen-bond donors (Lipinski definition) is 2. The SMILES string of the molecule is CCc1ccc(NC(=O)C(=O)NCC2COc3ccccc3O2)cc1. The highest BCUT2D eigenvalue weighted by Crippen LogP contribution is 2.30. The van der Waals surface area contributed by atoms with Gasteiger partial charge in [0, 0.05) is 5.69 Å². The van der Waals surface area contributed by atoms with Gasteiger partial charge in [-0.2, -0.15) is 0 Å². The van der Waals surface area contributed by atoms with Crippen LogP contribution in [0.15, 0.2) is 48.5 Å². The van der Waals surface area contributed by atoms with Crippen molar-refractivity contribution in [2.45, 2.75) is 19.4 Å². The van der Waals surface area contributed by atoms with Crippen molar-refractivity contribution in [3.63, 3.8) is 0 Å². The second-order valence-electron chi connectivity index (χ2n) is 5.71. The number of anilines is 1. The molecule has 1 aliphatic heterocycles. The molecule has 1 heterocycles. The van der Waals surface area contributed by atoms with Crippen molar-refractivity contribution in [1.82, 2.24) is 5.32 Å². The van der Waals surface area contributed by atoms with Gasteiger partial charge in [0.05, 0.1) is 6.54 Å². The van der Waals surface area contributed by atoms with Crippen LogP contribution >= 0.6 is 0 Å². The molecule has 0 saturated carbocycles. The molecule has 2 amide bonds. The molecule has 25 heavy (non-hydrogen) atoms. The van der Waals surface area contributed by atoms with Crippen LogP contribution in [0.25, 0.3) is 0 Å². The summed E-state index contributed by atoms with van der Waals surface area (Å²) in [5, 5.41) is 5.14. The van der Waals surface area contributed by atoms with Gasteiger partial charge in [0.2, 0.25) is 0 Å². The summed E-state index contributed by atoms with van der Waals surface area (Å²) in [6.45, 7) is 2.56. The van der Waals surface area contributed by atoms with Gasteiger partial charge in [0.25, 0.3) is 0 Å². The normalized spacial score (nSPS) is 15.3. The number of fused-ring (bicyclic) bond motifs is 1. The zero-order valence-corrected chi connectivity index (χ0v) is 14.0. The fraction of sp³-hybridized carbons (Fsp3) is 0.263. The quantitative estimate of drug-likeness (QED) is 0.836. The van der Waals surface area contributed by atoms with E-state index in [9.17, 15) is 9.59 Å². The average Bonchev–Trinajstić information content (AvgIpc) is 2.66. The van der Waals surface area contributed by atoms with Crippen molar-refractivity contribution in [3.8, 4) is 11.5 Å². The molecular weight excluding hydrogens is 320 g/mol. The van der Waals surface area contributed by atoms with Crippen LogP contribution in [-0.2, 0) is 16.0 Å². The van der Waals surface area contributed by atoms with Crippen LogP contribution in [0.5, 0.6) is 11.5 Å². The summed E-state index contributed by atoms with van der Waals surface area (Å²) in [5.41, 5.74) is 1.75. The predicted molar refractivity (Wildman–Crippen MR) is 93.8 cm³/mol. The third-order valence-corrected chi connectivity index (χ3v) is 3.88. The van der Waals surface area contributed by atoms with Crippen LogP contribution in [0, 0.1) is 0 Å². The van der Waals surface area contributed by atoms with Crippen molar-refractivity contribution >= 4 is 17.5 Å². The number of hydrogen-bond acceptors (Lipinski definition) is 4. The molecule has 1 aliphatic rings. The summed E-state index contributed by atoms with van der Waals surface area (Å²) >= 11 is 0. The fourth-order valence-corrected chi connectivity index (χ4v) is 2.46. The lowest BCUT2D eigenvalue weighted by atomic mass is 10.1. The van der Waals surface area contributed by atoms with E-state index in [4.69, 9.17) is 9.47 Å². The Morgan fingerprint density at radius 1 is 1.04 bits per heavy atom. The Labute approximate surface area is 146 Å². The summed E-state index contributed by atoms with van der Waals surface area (Å²) in [7, 11) is 0. The smallest absolute Gasteiger partial charge is 0.313 e. The highest BCUT2D eigenvalue weighted by molar-refractivity contribution is 6.39. The van der Waals surface area contributed by atoms with E-state index >= 15 is 0 Å². The first kappa shape index (κ1) is 16.8. The summed E-state index contributed by atoms with van der Waals surface area (Å²) in [6.07, 6.45) is 0.580. The average molecular weight is 340 g/mol. The summed E-state index contributed by atoms with van der Waals surface area (Å²) in [4.78, 5) is 23.9. The molecule has 1 atom stereocenters. The lowest BCUT2D eigenvalue weighted by Gasteiger charge is -2.26. The second-order valence-corrected chi connectivity index (χ2v) is 5.71. The summed E-state index contributed by atoms with van der Waals surface area (Å²) in [5.74, 6) is -0.102. The first-order valence-corrected chi connectivity index (χ1v) is 8.22. The van der Waals surface area contributed by atoms with Crippen molar-refractivity contribution in [1.29, 1.82) is 0 Å². The largest absolute Gasteiger partial charge is 0.486 e. The number of aryl methyl sites for hydroxylation is 1. The Hall–Kier alpha value is -3.02. The topological polar surface area (TPSA) is 76.7 Å². The standard InChI is InChI=1S/C19H20N2O4/c1-2-13-7-9-14(10-8-13)21-19(23)18(22)20-11-15-12-24-16-5-3-4-6-17(16)25-15/h3-10,15H,2,11-12H2,1H3,(H,20,22)(H,21,23). The van der Waals surface area contributed by atoms with Crippen molar-refractivity contribution in [2.24, 2.45) is 0 Å². The van der Waals surface area contributed by atoms with Crippen LogP contribution < -0.4 is 20.1 Å². The van der Waals surface area contributed by atoms with E-state index in [0.717, 1.165) is 12.0 Å². The second kappa shape index (κ2) is 7.70. The zero-order valence-electron chi connectivity index (χ0n) is 14.0. The molecule has 1 unspecified atom stereocenters. The maximum Gasteiger partial charge on any atom is 0.313 e. The van der Waals surface area contributed by atoms with Crippen LogP contribution in [-0.4, -0.2) is 31.1 Å². The third kappa shape index (κ3) is 4.29. The van der Waals surface area contributed by atoms with Crippen LogP contribution in [0.3, 0.4) is 0 Å². The molecule has 2 N–H and O–H groups in total. The Balaban J connectivity index is 1.48.